The van der Waals surface area contributed by atoms with Crippen molar-refractivity contribution in [1.29, 1.82) is 0 Å². The van der Waals surface area contributed by atoms with Crippen molar-refractivity contribution in [2.45, 2.75) is 13.0 Å². The van der Waals surface area contributed by atoms with Crippen molar-refractivity contribution in [3.8, 4) is 0 Å². The van der Waals surface area contributed by atoms with Gasteiger partial charge in [-0.2, -0.15) is 0 Å². The van der Waals surface area contributed by atoms with Crippen LogP contribution in [0.15, 0.2) is 12.1 Å². The molecule has 1 heterocycles. The van der Waals surface area contributed by atoms with Gasteiger partial charge >= 0.3 is 5.97 Å². The van der Waals surface area contributed by atoms with Gasteiger partial charge in [0, 0.05) is 5.69 Å². The second-order valence-corrected chi connectivity index (χ2v) is 3.31. The van der Waals surface area contributed by atoms with E-state index in [0.717, 1.165) is 17.5 Å². The summed E-state index contributed by atoms with van der Waals surface area (Å²) < 4.78 is 5.22. The highest BCUT2D eigenvalue weighted by Gasteiger charge is 2.18. The Labute approximate surface area is 81.3 Å². The van der Waals surface area contributed by atoms with Crippen LogP contribution in [0.25, 0.3) is 0 Å². The average molecular weight is 193 g/mol. The number of rotatable bonds is 1. The van der Waals surface area contributed by atoms with Gasteiger partial charge in [-0.15, -0.1) is 0 Å². The quantitative estimate of drug-likeness (QED) is 0.653. The minimum atomic E-state index is -0.945. The number of aromatic carboxylic acids is 1. The number of ether oxygens (including phenoxy) is 1. The predicted molar refractivity (Wildman–Crippen MR) is 51.2 cm³/mol. The minimum absolute atomic E-state index is 0.264. The zero-order valence-electron chi connectivity index (χ0n) is 7.62. The van der Waals surface area contributed by atoms with Gasteiger partial charge in [0.05, 0.1) is 18.8 Å². The number of fused-ring (bicyclic) bond motifs is 1. The van der Waals surface area contributed by atoms with Crippen LogP contribution in [0.1, 0.15) is 21.5 Å². The molecular formula is C10H11NO3. The standard InChI is InChI=1S/C10H11NO3/c11-7-3-6-1-2-14-5-9(6)8(4-7)10(12)13/h3-4H,1-2,5,11H2,(H,12,13). The van der Waals surface area contributed by atoms with Crippen LogP contribution in [0.2, 0.25) is 0 Å². The molecule has 0 saturated carbocycles. The summed E-state index contributed by atoms with van der Waals surface area (Å²) in [6.45, 7) is 1.01. The van der Waals surface area contributed by atoms with Gasteiger partial charge in [0.25, 0.3) is 0 Å². The summed E-state index contributed by atoms with van der Waals surface area (Å²) in [5, 5.41) is 8.95. The number of carbonyl (C=O) groups is 1. The summed E-state index contributed by atoms with van der Waals surface area (Å²) in [7, 11) is 0. The van der Waals surface area contributed by atoms with Crippen LogP contribution in [-0.2, 0) is 17.8 Å². The molecule has 4 heteroatoms. The van der Waals surface area contributed by atoms with E-state index in [1.165, 1.54) is 6.07 Å². The topological polar surface area (TPSA) is 72.6 Å². The molecule has 0 fully saturated rings. The third-order valence-corrected chi connectivity index (χ3v) is 2.36. The van der Waals surface area contributed by atoms with Gasteiger partial charge in [0.1, 0.15) is 0 Å². The van der Waals surface area contributed by atoms with Crippen molar-refractivity contribution >= 4 is 11.7 Å². The normalized spacial score (nSPS) is 14.9. The number of hydrogen-bond donors (Lipinski definition) is 2. The summed E-state index contributed by atoms with van der Waals surface area (Å²) in [4.78, 5) is 10.9. The summed E-state index contributed by atoms with van der Waals surface area (Å²) in [5.74, 6) is -0.945. The highest BCUT2D eigenvalue weighted by molar-refractivity contribution is 5.91. The monoisotopic (exact) mass is 193 g/mol. The molecule has 0 atom stereocenters. The van der Waals surface area contributed by atoms with E-state index in [1.807, 2.05) is 6.07 Å². The molecule has 74 valence electrons. The molecule has 2 rings (SSSR count). The summed E-state index contributed by atoms with van der Waals surface area (Å²) in [6, 6.07) is 3.31. The van der Waals surface area contributed by atoms with Crippen molar-refractivity contribution in [1.82, 2.24) is 0 Å². The van der Waals surface area contributed by atoms with Gasteiger partial charge in [0.15, 0.2) is 0 Å². The van der Waals surface area contributed by atoms with E-state index in [4.69, 9.17) is 15.6 Å². The Kier molecular flexibility index (Phi) is 2.13. The van der Waals surface area contributed by atoms with E-state index < -0.39 is 5.97 Å². The Morgan fingerprint density at radius 1 is 1.50 bits per heavy atom. The molecule has 0 radical (unpaired) electrons. The molecule has 4 nitrogen and oxygen atoms in total. The minimum Gasteiger partial charge on any atom is -0.478 e. The van der Waals surface area contributed by atoms with Crippen molar-refractivity contribution in [2.75, 3.05) is 12.3 Å². The fourth-order valence-electron chi connectivity index (χ4n) is 1.70. The molecular weight excluding hydrogens is 182 g/mol. The Hall–Kier alpha value is -1.55. The van der Waals surface area contributed by atoms with Gasteiger partial charge in [-0.25, -0.2) is 4.79 Å². The number of benzene rings is 1. The number of hydrogen-bond acceptors (Lipinski definition) is 3. The number of carboxylic acid groups (broad SMARTS) is 1. The molecule has 0 aliphatic carbocycles. The van der Waals surface area contributed by atoms with Crippen molar-refractivity contribution in [3.63, 3.8) is 0 Å². The van der Waals surface area contributed by atoms with E-state index in [0.29, 0.717) is 18.9 Å². The molecule has 0 aromatic heterocycles. The van der Waals surface area contributed by atoms with Gasteiger partial charge in [-0.1, -0.05) is 0 Å². The zero-order chi connectivity index (χ0) is 10.1. The molecule has 0 amide bonds. The fourth-order valence-corrected chi connectivity index (χ4v) is 1.70. The Balaban J connectivity index is 2.58. The second-order valence-electron chi connectivity index (χ2n) is 3.31. The van der Waals surface area contributed by atoms with Crippen LogP contribution in [0, 0.1) is 0 Å². The van der Waals surface area contributed by atoms with Gasteiger partial charge in [0.2, 0.25) is 0 Å². The van der Waals surface area contributed by atoms with Crippen molar-refractivity contribution in [2.24, 2.45) is 0 Å². The number of anilines is 1. The molecule has 1 aliphatic heterocycles. The lowest BCUT2D eigenvalue weighted by atomic mass is 9.97. The largest absolute Gasteiger partial charge is 0.478 e. The average Bonchev–Trinajstić information content (AvgIpc) is 2.16. The predicted octanol–water partition coefficient (Wildman–Crippen LogP) is 1.04. The van der Waals surface area contributed by atoms with E-state index in [-0.39, 0.29) is 5.56 Å². The first kappa shape index (κ1) is 9.02. The molecule has 1 aromatic rings. The molecule has 3 N–H and O–H groups in total. The zero-order valence-corrected chi connectivity index (χ0v) is 7.62. The molecule has 0 bridgehead atoms. The van der Waals surface area contributed by atoms with Crippen LogP contribution in [0.4, 0.5) is 5.69 Å². The Morgan fingerprint density at radius 3 is 3.00 bits per heavy atom. The van der Waals surface area contributed by atoms with Crippen LogP contribution >= 0.6 is 0 Å². The molecule has 0 saturated heterocycles. The van der Waals surface area contributed by atoms with Gasteiger partial charge in [-0.3, -0.25) is 0 Å². The first-order valence-corrected chi connectivity index (χ1v) is 4.41. The third-order valence-electron chi connectivity index (χ3n) is 2.36. The summed E-state index contributed by atoms with van der Waals surface area (Å²) in [6.07, 6.45) is 0.737. The summed E-state index contributed by atoms with van der Waals surface area (Å²) in [5.41, 5.74) is 8.14. The highest BCUT2D eigenvalue weighted by Crippen LogP contribution is 2.24. The third kappa shape index (κ3) is 1.44. The first-order valence-electron chi connectivity index (χ1n) is 4.41. The smallest absolute Gasteiger partial charge is 0.336 e. The highest BCUT2D eigenvalue weighted by atomic mass is 16.5. The fraction of sp³-hybridized carbons (Fsp3) is 0.300. The lowest BCUT2D eigenvalue weighted by Crippen LogP contribution is -2.15. The van der Waals surface area contributed by atoms with E-state index in [1.54, 1.807) is 0 Å². The molecule has 14 heavy (non-hydrogen) atoms. The molecule has 0 unspecified atom stereocenters. The second kappa shape index (κ2) is 3.31. The van der Waals surface area contributed by atoms with Crippen LogP contribution in [0.3, 0.4) is 0 Å². The van der Waals surface area contributed by atoms with Gasteiger partial charge in [-0.05, 0) is 29.7 Å². The van der Waals surface area contributed by atoms with Crippen LogP contribution in [-0.4, -0.2) is 17.7 Å². The van der Waals surface area contributed by atoms with E-state index >= 15 is 0 Å². The number of nitrogens with two attached hydrogens (primary N) is 1. The van der Waals surface area contributed by atoms with Crippen LogP contribution in [0.5, 0.6) is 0 Å². The van der Waals surface area contributed by atoms with Gasteiger partial charge < -0.3 is 15.6 Å². The Bertz CT molecular complexity index is 387. The molecule has 1 aromatic carbocycles. The Morgan fingerprint density at radius 2 is 2.29 bits per heavy atom. The first-order chi connectivity index (χ1) is 6.68. The lowest BCUT2D eigenvalue weighted by Gasteiger charge is -2.18. The molecule has 0 spiro atoms. The summed E-state index contributed by atoms with van der Waals surface area (Å²) >= 11 is 0. The van der Waals surface area contributed by atoms with Crippen molar-refractivity contribution < 1.29 is 14.6 Å². The van der Waals surface area contributed by atoms with E-state index in [2.05, 4.69) is 0 Å². The maximum Gasteiger partial charge on any atom is 0.336 e. The number of carboxylic acids is 1. The van der Waals surface area contributed by atoms with Crippen molar-refractivity contribution in [3.05, 3.63) is 28.8 Å². The maximum absolute atomic E-state index is 10.9. The van der Waals surface area contributed by atoms with Crippen LogP contribution < -0.4 is 5.73 Å². The number of nitrogen functional groups attached to an aromatic ring is 1. The lowest BCUT2D eigenvalue weighted by molar-refractivity contribution is 0.0682. The van der Waals surface area contributed by atoms with E-state index in [9.17, 15) is 4.79 Å². The molecule has 1 aliphatic rings. The SMILES string of the molecule is Nc1cc2c(c(C(=O)O)c1)COCC2. The maximum atomic E-state index is 10.9.